The highest BCUT2D eigenvalue weighted by Crippen LogP contribution is 2.38. The molecule has 1 amide bonds. The molecule has 0 bridgehead atoms. The van der Waals surface area contributed by atoms with Gasteiger partial charge in [-0.15, -0.1) is 5.10 Å². The Kier molecular flexibility index (Phi) is 8.69. The first-order valence-electron chi connectivity index (χ1n) is 9.46. The predicted octanol–water partition coefficient (Wildman–Crippen LogP) is 5.06. The van der Waals surface area contributed by atoms with Crippen molar-refractivity contribution >= 4 is 97.2 Å². The van der Waals surface area contributed by atoms with Crippen LogP contribution in [0.1, 0.15) is 23.4 Å². The maximum absolute atomic E-state index is 12.8. The van der Waals surface area contributed by atoms with Crippen LogP contribution in [0.2, 0.25) is 15.1 Å². The van der Waals surface area contributed by atoms with E-state index < -0.39 is 37.6 Å². The smallest absolute Gasteiger partial charge is 0.321 e. The van der Waals surface area contributed by atoms with Gasteiger partial charge in [0.05, 0.1) is 31.3 Å². The molecule has 2 aromatic carbocycles. The number of aromatic nitrogens is 3. The molecule has 0 radical (unpaired) electrons. The summed E-state index contributed by atoms with van der Waals surface area (Å²) < 4.78 is 25.7. The molecule has 3 rings (SSSR count). The molecule has 1 unspecified atom stereocenters. The van der Waals surface area contributed by atoms with Gasteiger partial charge in [-0.25, -0.2) is 18.1 Å². The van der Waals surface area contributed by atoms with Crippen molar-refractivity contribution in [2.45, 2.75) is 21.7 Å². The highest BCUT2D eigenvalue weighted by molar-refractivity contribution is 7.89. The van der Waals surface area contributed by atoms with E-state index in [-0.39, 0.29) is 31.5 Å². The number of carbonyl (C=O) groups is 2. The van der Waals surface area contributed by atoms with Gasteiger partial charge in [0.1, 0.15) is 6.04 Å². The molecule has 0 aliphatic carbocycles. The van der Waals surface area contributed by atoms with E-state index in [1.54, 1.807) is 0 Å². The minimum atomic E-state index is -4.20. The minimum absolute atomic E-state index is 0.00761. The lowest BCUT2D eigenvalue weighted by atomic mass is 10.3. The van der Waals surface area contributed by atoms with Gasteiger partial charge in [-0.3, -0.25) is 9.59 Å². The molecule has 1 aromatic heterocycles. The molecular formula is C19H13Cl6N5O5S. The number of hydrogen-bond donors (Lipinski definition) is 3. The number of carboxylic acid groups (broad SMARTS) is 1. The van der Waals surface area contributed by atoms with E-state index in [4.69, 9.17) is 74.7 Å². The summed E-state index contributed by atoms with van der Waals surface area (Å²) >= 11 is 36.1. The number of nitrogens with zero attached hydrogens (tertiary/aromatic N) is 3. The molecule has 0 fully saturated rings. The fraction of sp³-hybridized carbons (Fsp3) is 0.158. The van der Waals surface area contributed by atoms with Gasteiger partial charge >= 0.3 is 5.97 Å². The monoisotopic (exact) mass is 633 g/mol. The molecule has 36 heavy (non-hydrogen) atoms. The van der Waals surface area contributed by atoms with Crippen LogP contribution in [0.3, 0.4) is 0 Å². The van der Waals surface area contributed by atoms with Crippen molar-refractivity contribution in [3.63, 3.8) is 0 Å². The standard InChI is InChI=1S/C19H13Cl6N5O5S/c1-8(17(32)33)29-36(34,35)10-3-5-14(13(22)7-10)26-16(31)15-27-18(19(23,24)25)30(28-15)9-2-4-11(20)12(21)6-9/h2-8,29H,1H3,(H,26,31)(H,32,33). The van der Waals surface area contributed by atoms with Crippen molar-refractivity contribution in [1.82, 2.24) is 19.5 Å². The van der Waals surface area contributed by atoms with Crippen LogP contribution < -0.4 is 10.0 Å². The lowest BCUT2D eigenvalue weighted by Crippen LogP contribution is -2.38. The number of carboxylic acids is 1. The zero-order chi connectivity index (χ0) is 27.0. The van der Waals surface area contributed by atoms with E-state index >= 15 is 0 Å². The van der Waals surface area contributed by atoms with Gasteiger partial charge in [0.2, 0.25) is 19.6 Å². The number of alkyl halides is 3. The van der Waals surface area contributed by atoms with Crippen LogP contribution in [0.5, 0.6) is 0 Å². The highest BCUT2D eigenvalue weighted by Gasteiger charge is 2.33. The first-order valence-corrected chi connectivity index (χ1v) is 13.2. The number of amides is 1. The molecule has 0 saturated heterocycles. The topological polar surface area (TPSA) is 143 Å². The van der Waals surface area contributed by atoms with Crippen LogP contribution in [-0.4, -0.2) is 46.2 Å². The summed E-state index contributed by atoms with van der Waals surface area (Å²) in [5, 5.41) is 15.7. The average molecular weight is 636 g/mol. The Labute approximate surface area is 234 Å². The molecule has 3 N–H and O–H groups in total. The fourth-order valence-corrected chi connectivity index (χ4v) is 4.86. The molecule has 1 heterocycles. The Balaban J connectivity index is 1.91. The van der Waals surface area contributed by atoms with Gasteiger partial charge in [0, 0.05) is 0 Å². The second kappa shape index (κ2) is 10.9. The molecule has 192 valence electrons. The first-order chi connectivity index (χ1) is 16.6. The predicted molar refractivity (Wildman–Crippen MR) is 137 cm³/mol. The third-order valence-electron chi connectivity index (χ3n) is 4.41. The van der Waals surface area contributed by atoms with E-state index in [1.165, 1.54) is 24.3 Å². The Bertz CT molecular complexity index is 1460. The summed E-state index contributed by atoms with van der Waals surface area (Å²) in [6.07, 6.45) is 0. The third-order valence-corrected chi connectivity index (χ3v) is 7.51. The molecular weight excluding hydrogens is 623 g/mol. The van der Waals surface area contributed by atoms with Crippen molar-refractivity contribution in [1.29, 1.82) is 0 Å². The number of carbonyl (C=O) groups excluding carboxylic acids is 1. The van der Waals surface area contributed by atoms with E-state index in [9.17, 15) is 18.0 Å². The Hall–Kier alpha value is -1.83. The zero-order valence-corrected chi connectivity index (χ0v) is 23.0. The maximum Gasteiger partial charge on any atom is 0.321 e. The molecule has 1 atom stereocenters. The SMILES string of the molecule is CC(NS(=O)(=O)c1ccc(NC(=O)c2nc(C(Cl)(Cl)Cl)n(-c3ccc(Cl)c(Cl)c3)n2)c(Cl)c1)C(=O)O. The number of rotatable bonds is 7. The molecule has 0 aliphatic heterocycles. The quantitative estimate of drug-likeness (QED) is 0.308. The number of halogens is 6. The van der Waals surface area contributed by atoms with Gasteiger partial charge in [0.25, 0.3) is 5.91 Å². The second-order valence-electron chi connectivity index (χ2n) is 7.04. The second-order valence-corrected chi connectivity index (χ2v) is 12.3. The number of aliphatic carboxylic acids is 1. The van der Waals surface area contributed by atoms with Crippen molar-refractivity contribution in [2.75, 3.05) is 5.32 Å². The molecule has 0 aliphatic rings. The summed E-state index contributed by atoms with van der Waals surface area (Å²) in [7, 11) is -4.20. The van der Waals surface area contributed by atoms with E-state index in [1.807, 2.05) is 4.72 Å². The van der Waals surface area contributed by atoms with Gasteiger partial charge in [0.15, 0.2) is 5.82 Å². The lowest BCUT2D eigenvalue weighted by molar-refractivity contribution is -0.138. The number of nitrogens with one attached hydrogen (secondary N) is 2. The van der Waals surface area contributed by atoms with Crippen LogP contribution in [-0.2, 0) is 18.6 Å². The van der Waals surface area contributed by atoms with Crippen LogP contribution in [0.25, 0.3) is 5.69 Å². The van der Waals surface area contributed by atoms with E-state index in [0.29, 0.717) is 5.69 Å². The Morgan fingerprint density at radius 2 is 1.69 bits per heavy atom. The highest BCUT2D eigenvalue weighted by atomic mass is 35.6. The van der Waals surface area contributed by atoms with Crippen molar-refractivity contribution in [2.24, 2.45) is 0 Å². The normalized spacial score (nSPS) is 12.9. The van der Waals surface area contributed by atoms with Crippen molar-refractivity contribution in [3.8, 4) is 5.69 Å². The zero-order valence-electron chi connectivity index (χ0n) is 17.6. The fourth-order valence-electron chi connectivity index (χ4n) is 2.68. The Morgan fingerprint density at radius 1 is 1.03 bits per heavy atom. The van der Waals surface area contributed by atoms with Gasteiger partial charge in [-0.2, -0.15) is 4.72 Å². The van der Waals surface area contributed by atoms with Gasteiger partial charge in [-0.1, -0.05) is 69.6 Å². The van der Waals surface area contributed by atoms with Crippen LogP contribution in [0.4, 0.5) is 5.69 Å². The molecule has 17 heteroatoms. The summed E-state index contributed by atoms with van der Waals surface area (Å²) in [6.45, 7) is 1.16. The summed E-state index contributed by atoms with van der Waals surface area (Å²) in [4.78, 5) is 27.5. The summed E-state index contributed by atoms with van der Waals surface area (Å²) in [5.41, 5.74) is 0.307. The van der Waals surface area contributed by atoms with Gasteiger partial charge in [-0.05, 0) is 43.3 Å². The number of hydrogen-bond acceptors (Lipinski definition) is 6. The first kappa shape index (κ1) is 28.7. The number of benzene rings is 2. The molecule has 0 saturated carbocycles. The van der Waals surface area contributed by atoms with Crippen LogP contribution in [0.15, 0.2) is 41.3 Å². The maximum atomic E-state index is 12.8. The lowest BCUT2D eigenvalue weighted by Gasteiger charge is -2.12. The number of sulfonamides is 1. The van der Waals surface area contributed by atoms with E-state index in [0.717, 1.165) is 23.7 Å². The van der Waals surface area contributed by atoms with Crippen molar-refractivity contribution < 1.29 is 23.1 Å². The summed E-state index contributed by atoms with van der Waals surface area (Å²) in [5.74, 6) is -2.86. The number of anilines is 1. The molecule has 0 spiro atoms. The van der Waals surface area contributed by atoms with Crippen LogP contribution >= 0.6 is 69.6 Å². The third kappa shape index (κ3) is 6.53. The van der Waals surface area contributed by atoms with E-state index in [2.05, 4.69) is 15.4 Å². The molecule has 10 nitrogen and oxygen atoms in total. The Morgan fingerprint density at radius 3 is 2.25 bits per heavy atom. The molecule has 3 aromatic rings. The van der Waals surface area contributed by atoms with Crippen LogP contribution in [0, 0.1) is 0 Å². The van der Waals surface area contributed by atoms with Gasteiger partial charge < -0.3 is 10.4 Å². The largest absolute Gasteiger partial charge is 0.480 e. The minimum Gasteiger partial charge on any atom is -0.480 e. The van der Waals surface area contributed by atoms with Crippen molar-refractivity contribution in [3.05, 3.63) is 63.1 Å². The average Bonchev–Trinajstić information content (AvgIpc) is 3.23. The summed E-state index contributed by atoms with van der Waals surface area (Å²) in [6, 6.07) is 6.39.